The first kappa shape index (κ1) is 13.9. The molecule has 0 saturated carbocycles. The third-order valence-electron chi connectivity index (χ3n) is 1.07. The first-order valence-electron chi connectivity index (χ1n) is 3.45. The molecule has 0 bridgehead atoms. The van der Waals surface area contributed by atoms with Crippen molar-refractivity contribution in [2.24, 2.45) is 11.7 Å². The Hall–Kier alpha value is -0.610. The van der Waals surface area contributed by atoms with E-state index in [4.69, 9.17) is 27.2 Å². The van der Waals surface area contributed by atoms with E-state index in [-0.39, 0.29) is 11.8 Å². The van der Waals surface area contributed by atoms with Crippen LogP contribution in [0.1, 0.15) is 13.8 Å². The normalized spacial score (nSPS) is 11.4. The van der Waals surface area contributed by atoms with Gasteiger partial charge in [-0.1, -0.05) is 13.8 Å². The molecule has 72 valence electrons. The number of carbonyl (C=O) groups is 2. The topological polar surface area (TPSA) is 80.4 Å². The molecule has 0 amide bonds. The van der Waals surface area contributed by atoms with Gasteiger partial charge in [0.1, 0.15) is 12.3 Å². The number of halogens is 1. The van der Waals surface area contributed by atoms with Gasteiger partial charge in [0, 0.05) is 0 Å². The van der Waals surface area contributed by atoms with Crippen LogP contribution in [0.3, 0.4) is 0 Å². The summed E-state index contributed by atoms with van der Waals surface area (Å²) in [5, 5.41) is 8.23. The van der Waals surface area contributed by atoms with E-state index >= 15 is 0 Å². The third kappa shape index (κ3) is 9.39. The van der Waals surface area contributed by atoms with Crippen LogP contribution in [0.2, 0.25) is 0 Å². The molecule has 0 radical (unpaired) electrons. The predicted octanol–water partition coefficient (Wildman–Crippen LogP) is 0.478. The largest absolute Gasteiger partial charge is 0.480 e. The van der Waals surface area contributed by atoms with Crippen LogP contribution in [0.4, 0.5) is 0 Å². The van der Waals surface area contributed by atoms with Crippen molar-refractivity contribution in [3.63, 3.8) is 0 Å². The molecule has 3 N–H and O–H groups in total. The Bertz CT molecular complexity index is 139. The molecule has 12 heavy (non-hydrogen) atoms. The molecule has 1 atom stereocenters. The third-order valence-corrected chi connectivity index (χ3v) is 1.19. The van der Waals surface area contributed by atoms with Gasteiger partial charge >= 0.3 is 5.97 Å². The quantitative estimate of drug-likeness (QED) is 0.507. The van der Waals surface area contributed by atoms with Gasteiger partial charge in [-0.15, -0.1) is 11.6 Å². The molecule has 0 aromatic heterocycles. The fourth-order valence-corrected chi connectivity index (χ4v) is 0.285. The highest BCUT2D eigenvalue weighted by molar-refractivity contribution is 6.24. The number of carboxylic acids is 1. The van der Waals surface area contributed by atoms with E-state index in [2.05, 4.69) is 0 Å². The maximum Gasteiger partial charge on any atom is 0.320 e. The van der Waals surface area contributed by atoms with Gasteiger partial charge in [-0.2, -0.15) is 0 Å². The van der Waals surface area contributed by atoms with Crippen LogP contribution < -0.4 is 5.73 Å². The number of aliphatic carboxylic acids is 1. The summed E-state index contributed by atoms with van der Waals surface area (Å²) in [6.07, 6.45) is 0.640. The van der Waals surface area contributed by atoms with Crippen LogP contribution in [0.5, 0.6) is 0 Å². The summed E-state index contributed by atoms with van der Waals surface area (Å²) in [6, 6.07) is -0.713. The lowest BCUT2D eigenvalue weighted by Gasteiger charge is -2.07. The Morgan fingerprint density at radius 1 is 1.67 bits per heavy atom. The first-order chi connectivity index (χ1) is 5.47. The molecule has 0 aromatic rings. The lowest BCUT2D eigenvalue weighted by Crippen LogP contribution is -2.34. The maximum absolute atomic E-state index is 10.0. The van der Waals surface area contributed by atoms with Crippen LogP contribution in [-0.2, 0) is 9.59 Å². The number of nitrogens with two attached hydrogens (primary N) is 1. The minimum atomic E-state index is -0.931. The molecule has 0 fully saturated rings. The number of carbonyl (C=O) groups excluding carboxylic acids is 1. The second-order valence-electron chi connectivity index (χ2n) is 2.43. The first-order valence-corrected chi connectivity index (χ1v) is 3.98. The molecule has 4 nitrogen and oxygen atoms in total. The van der Waals surface area contributed by atoms with Crippen molar-refractivity contribution in [3.8, 4) is 0 Å². The highest BCUT2D eigenvalue weighted by Crippen LogP contribution is 1.96. The summed E-state index contributed by atoms with van der Waals surface area (Å²) in [5.74, 6) is -0.799. The summed E-state index contributed by atoms with van der Waals surface area (Å²) in [5.41, 5.74) is 5.16. The van der Waals surface area contributed by atoms with Crippen LogP contribution >= 0.6 is 11.6 Å². The van der Waals surface area contributed by atoms with E-state index in [0.29, 0.717) is 6.29 Å². The second kappa shape index (κ2) is 8.49. The Morgan fingerprint density at radius 3 is 2.00 bits per heavy atom. The minimum absolute atomic E-state index is 0.0208. The standard InChI is InChI=1S/C5H11NO2.C2H3ClO/c1-3(2)4(6)5(7)8;3-1-2-4/h3-4H,6H2,1-2H3,(H,7,8);2H,1H2. The molecule has 0 saturated heterocycles. The summed E-state index contributed by atoms with van der Waals surface area (Å²) >= 11 is 4.82. The number of hydrogen-bond acceptors (Lipinski definition) is 3. The zero-order chi connectivity index (χ0) is 10.1. The summed E-state index contributed by atoms with van der Waals surface area (Å²) in [7, 11) is 0. The van der Waals surface area contributed by atoms with E-state index in [1.165, 1.54) is 0 Å². The summed E-state index contributed by atoms with van der Waals surface area (Å²) in [6.45, 7) is 3.55. The van der Waals surface area contributed by atoms with Crippen molar-refractivity contribution in [1.82, 2.24) is 0 Å². The van der Waals surface area contributed by atoms with E-state index in [9.17, 15) is 4.79 Å². The van der Waals surface area contributed by atoms with Crippen molar-refractivity contribution in [1.29, 1.82) is 0 Å². The lowest BCUT2D eigenvalue weighted by atomic mass is 10.1. The molecule has 1 unspecified atom stereocenters. The van der Waals surface area contributed by atoms with Gasteiger partial charge in [0.25, 0.3) is 0 Å². The highest BCUT2D eigenvalue weighted by Gasteiger charge is 2.14. The van der Waals surface area contributed by atoms with E-state index in [1.54, 1.807) is 13.8 Å². The smallest absolute Gasteiger partial charge is 0.320 e. The van der Waals surface area contributed by atoms with Crippen molar-refractivity contribution in [2.45, 2.75) is 19.9 Å². The van der Waals surface area contributed by atoms with E-state index in [0.717, 1.165) is 0 Å². The fourth-order valence-electron chi connectivity index (χ4n) is 0.285. The van der Waals surface area contributed by atoms with Crippen molar-refractivity contribution in [3.05, 3.63) is 0 Å². The molecular formula is C7H14ClNO3. The average Bonchev–Trinajstić information content (AvgIpc) is 2.03. The molecule has 0 aliphatic rings. The minimum Gasteiger partial charge on any atom is -0.480 e. The van der Waals surface area contributed by atoms with Gasteiger partial charge in [0.05, 0.1) is 5.88 Å². The molecular weight excluding hydrogens is 182 g/mol. The van der Waals surface area contributed by atoms with Crippen molar-refractivity contribution >= 4 is 23.9 Å². The molecule has 0 spiro atoms. The van der Waals surface area contributed by atoms with Gasteiger partial charge in [-0.05, 0) is 5.92 Å². The summed E-state index contributed by atoms with van der Waals surface area (Å²) < 4.78 is 0. The lowest BCUT2D eigenvalue weighted by molar-refractivity contribution is -0.139. The highest BCUT2D eigenvalue weighted by atomic mass is 35.5. The zero-order valence-electron chi connectivity index (χ0n) is 7.16. The second-order valence-corrected chi connectivity index (χ2v) is 2.74. The van der Waals surface area contributed by atoms with E-state index in [1.807, 2.05) is 0 Å². The average molecular weight is 196 g/mol. The maximum atomic E-state index is 10.0. The molecule has 0 heterocycles. The van der Waals surface area contributed by atoms with Crippen molar-refractivity contribution in [2.75, 3.05) is 5.88 Å². The number of carboxylic acid groups (broad SMARTS) is 1. The zero-order valence-corrected chi connectivity index (χ0v) is 7.91. The van der Waals surface area contributed by atoms with E-state index < -0.39 is 12.0 Å². The van der Waals surface area contributed by atoms with Crippen LogP contribution in [0, 0.1) is 5.92 Å². The molecule has 0 aliphatic carbocycles. The van der Waals surface area contributed by atoms with Gasteiger partial charge in [0.2, 0.25) is 0 Å². The van der Waals surface area contributed by atoms with Crippen molar-refractivity contribution < 1.29 is 14.7 Å². The predicted molar refractivity (Wildman–Crippen MR) is 47.2 cm³/mol. The van der Waals surface area contributed by atoms with Crippen LogP contribution in [0.25, 0.3) is 0 Å². The molecule has 5 heteroatoms. The molecule has 0 aromatic carbocycles. The van der Waals surface area contributed by atoms with Crippen LogP contribution in [0.15, 0.2) is 0 Å². The number of alkyl halides is 1. The Balaban J connectivity index is 0. The SMILES string of the molecule is CC(C)C(N)C(=O)O.O=CCCl. The Labute approximate surface area is 76.7 Å². The molecule has 0 rings (SSSR count). The Kier molecular flexibility index (Phi) is 9.86. The number of hydrogen-bond donors (Lipinski definition) is 2. The van der Waals surface area contributed by atoms with Gasteiger partial charge in [-0.3, -0.25) is 4.79 Å². The molecule has 0 aliphatic heterocycles. The fraction of sp³-hybridized carbons (Fsp3) is 0.714. The Morgan fingerprint density at radius 2 is 2.00 bits per heavy atom. The monoisotopic (exact) mass is 195 g/mol. The van der Waals surface area contributed by atoms with Gasteiger partial charge in [0.15, 0.2) is 0 Å². The summed E-state index contributed by atoms with van der Waals surface area (Å²) in [4.78, 5) is 19.1. The number of aldehydes is 1. The number of rotatable bonds is 3. The van der Waals surface area contributed by atoms with Gasteiger partial charge < -0.3 is 15.6 Å². The van der Waals surface area contributed by atoms with Crippen LogP contribution in [-0.4, -0.2) is 29.3 Å². The van der Waals surface area contributed by atoms with Gasteiger partial charge in [-0.25, -0.2) is 0 Å².